The molecule has 1 aliphatic heterocycles. The summed E-state index contributed by atoms with van der Waals surface area (Å²) < 4.78 is 5.66. The molecule has 1 heterocycles. The molecule has 2 aromatic rings. The van der Waals surface area contributed by atoms with Crippen molar-refractivity contribution in [3.63, 3.8) is 0 Å². The fourth-order valence-corrected chi connectivity index (χ4v) is 2.35. The summed E-state index contributed by atoms with van der Waals surface area (Å²) in [7, 11) is 0. The fourth-order valence-electron chi connectivity index (χ4n) is 2.35. The minimum atomic E-state index is -0.132. The number of hydrogen-bond acceptors (Lipinski definition) is 3. The van der Waals surface area contributed by atoms with E-state index in [4.69, 9.17) is 4.74 Å². The van der Waals surface area contributed by atoms with Gasteiger partial charge in [0, 0.05) is 12.0 Å². The van der Waals surface area contributed by atoms with Gasteiger partial charge >= 0.3 is 0 Å². The molecule has 0 aliphatic carbocycles. The van der Waals surface area contributed by atoms with Gasteiger partial charge in [0.25, 0.3) is 0 Å². The van der Waals surface area contributed by atoms with Gasteiger partial charge < -0.3 is 14.9 Å². The summed E-state index contributed by atoms with van der Waals surface area (Å²) >= 11 is 0. The number of benzene rings is 2. The van der Waals surface area contributed by atoms with E-state index in [0.29, 0.717) is 18.3 Å². The van der Waals surface area contributed by atoms with E-state index < -0.39 is 0 Å². The molecular formula is C15H14O3. The lowest BCUT2D eigenvalue weighted by Gasteiger charge is -2.26. The zero-order valence-corrected chi connectivity index (χ0v) is 9.84. The summed E-state index contributed by atoms with van der Waals surface area (Å²) in [4.78, 5) is 0. The number of aromatic hydroxyl groups is 2. The number of hydrogen-bond donors (Lipinski definition) is 2. The lowest BCUT2D eigenvalue weighted by atomic mass is 9.90. The van der Waals surface area contributed by atoms with Crippen LogP contribution in [-0.4, -0.2) is 16.8 Å². The third-order valence-electron chi connectivity index (χ3n) is 3.33. The molecule has 3 heteroatoms. The third kappa shape index (κ3) is 1.88. The summed E-state index contributed by atoms with van der Waals surface area (Å²) in [6.45, 7) is 0.598. The van der Waals surface area contributed by atoms with Crippen LogP contribution in [0, 0.1) is 0 Å². The molecule has 0 saturated heterocycles. The number of phenols is 2. The Morgan fingerprint density at radius 1 is 1.00 bits per heavy atom. The Bertz CT molecular complexity index is 563. The Morgan fingerprint density at radius 3 is 2.50 bits per heavy atom. The molecule has 0 spiro atoms. The highest BCUT2D eigenvalue weighted by molar-refractivity contribution is 5.50. The number of ether oxygens (including phenoxy) is 1. The smallest absolute Gasteiger partial charge is 0.161 e. The molecule has 0 saturated carbocycles. The van der Waals surface area contributed by atoms with Crippen molar-refractivity contribution in [2.45, 2.75) is 12.3 Å². The Hall–Kier alpha value is -2.16. The van der Waals surface area contributed by atoms with E-state index in [9.17, 15) is 10.2 Å². The van der Waals surface area contributed by atoms with Crippen molar-refractivity contribution in [2.24, 2.45) is 0 Å². The maximum atomic E-state index is 9.53. The summed E-state index contributed by atoms with van der Waals surface area (Å²) in [6.07, 6.45) is 0.813. The minimum Gasteiger partial charge on any atom is -0.504 e. The molecule has 1 unspecified atom stereocenters. The van der Waals surface area contributed by atoms with Crippen molar-refractivity contribution in [1.82, 2.24) is 0 Å². The van der Waals surface area contributed by atoms with Gasteiger partial charge in [-0.1, -0.05) is 30.3 Å². The molecule has 1 atom stereocenters. The van der Waals surface area contributed by atoms with Gasteiger partial charge in [0.2, 0.25) is 0 Å². The van der Waals surface area contributed by atoms with Crippen LogP contribution < -0.4 is 4.74 Å². The SMILES string of the molecule is Oc1cc2c(cc1O)OCC(c1ccccc1)C2. The molecule has 0 amide bonds. The molecule has 0 radical (unpaired) electrons. The molecule has 2 N–H and O–H groups in total. The predicted octanol–water partition coefficient (Wildman–Crippen LogP) is 2.82. The van der Waals surface area contributed by atoms with Crippen molar-refractivity contribution >= 4 is 0 Å². The molecular weight excluding hydrogens is 228 g/mol. The molecule has 92 valence electrons. The Morgan fingerprint density at radius 2 is 1.72 bits per heavy atom. The summed E-state index contributed by atoms with van der Waals surface area (Å²) in [5.74, 6) is 0.734. The molecule has 0 aromatic heterocycles. The first kappa shape index (κ1) is 11.0. The second-order valence-electron chi connectivity index (χ2n) is 4.57. The van der Waals surface area contributed by atoms with Crippen LogP contribution in [0.3, 0.4) is 0 Å². The highest BCUT2D eigenvalue weighted by Gasteiger charge is 2.22. The van der Waals surface area contributed by atoms with E-state index >= 15 is 0 Å². The molecule has 3 nitrogen and oxygen atoms in total. The first-order valence-electron chi connectivity index (χ1n) is 5.96. The van der Waals surface area contributed by atoms with Crippen LogP contribution in [0.2, 0.25) is 0 Å². The number of fused-ring (bicyclic) bond motifs is 1. The highest BCUT2D eigenvalue weighted by Crippen LogP contribution is 2.38. The molecule has 1 aliphatic rings. The second-order valence-corrected chi connectivity index (χ2v) is 4.57. The summed E-state index contributed by atoms with van der Waals surface area (Å²) in [5, 5.41) is 19.0. The van der Waals surface area contributed by atoms with Gasteiger partial charge in [-0.2, -0.15) is 0 Å². The van der Waals surface area contributed by atoms with Gasteiger partial charge in [-0.25, -0.2) is 0 Å². The molecule has 18 heavy (non-hydrogen) atoms. The average molecular weight is 242 g/mol. The Balaban J connectivity index is 1.92. The Kier molecular flexibility index (Phi) is 2.59. The molecule has 0 fully saturated rings. The van der Waals surface area contributed by atoms with Crippen molar-refractivity contribution in [2.75, 3.05) is 6.61 Å². The van der Waals surface area contributed by atoms with Gasteiger partial charge in [-0.3, -0.25) is 0 Å². The quantitative estimate of drug-likeness (QED) is 0.756. The predicted molar refractivity (Wildman–Crippen MR) is 68.2 cm³/mol. The molecule has 3 rings (SSSR count). The number of phenolic OH excluding ortho intramolecular Hbond substituents is 2. The van der Waals surface area contributed by atoms with Gasteiger partial charge in [-0.15, -0.1) is 0 Å². The van der Waals surface area contributed by atoms with E-state index in [0.717, 1.165) is 12.0 Å². The third-order valence-corrected chi connectivity index (χ3v) is 3.33. The van der Waals surface area contributed by atoms with Gasteiger partial charge in [-0.05, 0) is 23.6 Å². The van der Waals surface area contributed by atoms with Crippen molar-refractivity contribution in [3.8, 4) is 17.2 Å². The zero-order valence-electron chi connectivity index (χ0n) is 9.84. The van der Waals surface area contributed by atoms with Crippen LogP contribution in [0.5, 0.6) is 17.2 Å². The van der Waals surface area contributed by atoms with Gasteiger partial charge in [0.15, 0.2) is 11.5 Å². The van der Waals surface area contributed by atoms with Crippen molar-refractivity contribution in [1.29, 1.82) is 0 Å². The topological polar surface area (TPSA) is 49.7 Å². The minimum absolute atomic E-state index is 0.0916. The molecule has 0 bridgehead atoms. The van der Waals surface area contributed by atoms with Gasteiger partial charge in [0.1, 0.15) is 5.75 Å². The summed E-state index contributed by atoms with van der Waals surface area (Å²) in [6, 6.07) is 13.2. The summed E-state index contributed by atoms with van der Waals surface area (Å²) in [5.41, 5.74) is 2.17. The lowest BCUT2D eigenvalue weighted by molar-refractivity contribution is 0.260. The van der Waals surface area contributed by atoms with E-state index in [-0.39, 0.29) is 11.5 Å². The molecule has 2 aromatic carbocycles. The average Bonchev–Trinajstić information content (AvgIpc) is 2.41. The number of rotatable bonds is 1. The van der Waals surface area contributed by atoms with E-state index in [2.05, 4.69) is 12.1 Å². The van der Waals surface area contributed by atoms with Gasteiger partial charge in [0.05, 0.1) is 6.61 Å². The van der Waals surface area contributed by atoms with Crippen LogP contribution >= 0.6 is 0 Å². The van der Waals surface area contributed by atoms with Crippen molar-refractivity contribution < 1.29 is 14.9 Å². The van der Waals surface area contributed by atoms with E-state index in [1.807, 2.05) is 18.2 Å². The zero-order chi connectivity index (χ0) is 12.5. The lowest BCUT2D eigenvalue weighted by Crippen LogP contribution is -2.19. The maximum Gasteiger partial charge on any atom is 0.161 e. The van der Waals surface area contributed by atoms with Crippen LogP contribution in [-0.2, 0) is 6.42 Å². The Labute approximate surface area is 105 Å². The van der Waals surface area contributed by atoms with Crippen LogP contribution in [0.1, 0.15) is 17.0 Å². The standard InChI is InChI=1S/C15H14O3/c16-13-7-11-6-12(10-4-2-1-3-5-10)9-18-15(11)8-14(13)17/h1-5,7-8,12,16-17H,6,9H2. The van der Waals surface area contributed by atoms with E-state index in [1.54, 1.807) is 6.07 Å². The maximum absolute atomic E-state index is 9.53. The van der Waals surface area contributed by atoms with Crippen LogP contribution in [0.25, 0.3) is 0 Å². The largest absolute Gasteiger partial charge is 0.504 e. The highest BCUT2D eigenvalue weighted by atomic mass is 16.5. The first-order valence-corrected chi connectivity index (χ1v) is 5.96. The van der Waals surface area contributed by atoms with Crippen LogP contribution in [0.15, 0.2) is 42.5 Å². The monoisotopic (exact) mass is 242 g/mol. The fraction of sp³-hybridized carbons (Fsp3) is 0.200. The van der Waals surface area contributed by atoms with Crippen molar-refractivity contribution in [3.05, 3.63) is 53.6 Å². The van der Waals surface area contributed by atoms with Crippen LogP contribution in [0.4, 0.5) is 0 Å². The first-order chi connectivity index (χ1) is 8.74. The normalized spacial score (nSPS) is 17.9. The van der Waals surface area contributed by atoms with E-state index in [1.165, 1.54) is 11.6 Å². The second kappa shape index (κ2) is 4.26.